The van der Waals surface area contributed by atoms with Gasteiger partial charge in [0.05, 0.1) is 24.4 Å². The van der Waals surface area contributed by atoms with Gasteiger partial charge in [0.25, 0.3) is 0 Å². The van der Waals surface area contributed by atoms with Gasteiger partial charge in [0.2, 0.25) is 5.91 Å². The number of hydrogen-bond donors (Lipinski definition) is 2. The molecule has 28 heavy (non-hydrogen) atoms. The number of nitrogens with one attached hydrogen (secondary N) is 2. The molecule has 0 bridgehead atoms. The van der Waals surface area contributed by atoms with Gasteiger partial charge in [-0.25, -0.2) is 0 Å². The lowest BCUT2D eigenvalue weighted by atomic mass is 9.90. The molecule has 0 aliphatic carbocycles. The van der Waals surface area contributed by atoms with E-state index in [2.05, 4.69) is 20.8 Å². The third kappa shape index (κ3) is 4.27. The van der Waals surface area contributed by atoms with Gasteiger partial charge in [0, 0.05) is 37.8 Å². The van der Waals surface area contributed by atoms with Gasteiger partial charge in [-0.15, -0.1) is 0 Å². The summed E-state index contributed by atoms with van der Waals surface area (Å²) in [6, 6.07) is 15.4. The number of ether oxygens (including phenoxy) is 1. The van der Waals surface area contributed by atoms with Crippen LogP contribution in [-0.4, -0.2) is 34.8 Å². The minimum atomic E-state index is -0.158. The lowest BCUT2D eigenvalue weighted by Gasteiger charge is -2.42. The van der Waals surface area contributed by atoms with Gasteiger partial charge in [-0.05, 0) is 29.8 Å². The summed E-state index contributed by atoms with van der Waals surface area (Å²) in [6.07, 6.45) is 2.45. The van der Waals surface area contributed by atoms with Crippen LogP contribution in [0, 0.1) is 0 Å². The number of benzene rings is 1. The molecule has 0 radical (unpaired) electrons. The number of rotatable bonds is 7. The van der Waals surface area contributed by atoms with Crippen molar-refractivity contribution in [3.05, 3.63) is 66.0 Å². The van der Waals surface area contributed by atoms with E-state index in [1.165, 1.54) is 6.92 Å². The van der Waals surface area contributed by atoms with Gasteiger partial charge in [-0.3, -0.25) is 9.78 Å². The minimum Gasteiger partial charge on any atom is -0.377 e. The molecule has 1 aliphatic rings. The Morgan fingerprint density at radius 1 is 1.18 bits per heavy atom. The smallest absolute Gasteiger partial charge is 0.221 e. The summed E-state index contributed by atoms with van der Waals surface area (Å²) < 4.78 is 10.9. The summed E-state index contributed by atoms with van der Waals surface area (Å²) in [5, 5.41) is 10.6. The molecule has 1 fully saturated rings. The topological polar surface area (TPSA) is 89.3 Å². The van der Waals surface area contributed by atoms with Crippen LogP contribution in [0.5, 0.6) is 0 Å². The average Bonchev–Trinajstić information content (AvgIpc) is 3.14. The van der Waals surface area contributed by atoms with Crippen LogP contribution >= 0.6 is 0 Å². The summed E-state index contributed by atoms with van der Waals surface area (Å²) in [6.45, 7) is 3.46. The van der Waals surface area contributed by atoms with Crippen molar-refractivity contribution in [2.75, 3.05) is 18.5 Å². The van der Waals surface area contributed by atoms with Crippen LogP contribution < -0.4 is 10.6 Å². The normalized spacial score (nSPS) is 15.0. The lowest BCUT2D eigenvalue weighted by molar-refractivity contribution is -0.114. The molecule has 3 heterocycles. The molecule has 1 amide bonds. The summed E-state index contributed by atoms with van der Waals surface area (Å²) in [4.78, 5) is 15.4. The molecule has 0 spiro atoms. The van der Waals surface area contributed by atoms with Gasteiger partial charge >= 0.3 is 0 Å². The van der Waals surface area contributed by atoms with Crippen LogP contribution in [-0.2, 0) is 22.5 Å². The Morgan fingerprint density at radius 2 is 2.00 bits per heavy atom. The maximum absolute atomic E-state index is 11.1. The first-order valence-electron chi connectivity index (χ1n) is 9.18. The summed E-state index contributed by atoms with van der Waals surface area (Å²) in [5.74, 6) is 0.591. The number of carbonyl (C=O) groups is 1. The number of hydrogen-bond acceptors (Lipinski definition) is 6. The van der Waals surface area contributed by atoms with E-state index >= 15 is 0 Å². The highest BCUT2D eigenvalue weighted by atomic mass is 16.5. The van der Waals surface area contributed by atoms with Crippen molar-refractivity contribution in [1.82, 2.24) is 15.5 Å². The average molecular weight is 378 g/mol. The zero-order valence-electron chi connectivity index (χ0n) is 15.6. The second-order valence-electron chi connectivity index (χ2n) is 7.08. The Hall–Kier alpha value is -3.03. The first-order chi connectivity index (χ1) is 13.6. The standard InChI is InChI=1S/C21H22N4O3/c1-15(26)24-17-7-5-16(6-8-17)12-23-21(13-27-14-21)11-18-10-20(28-25-18)19-4-2-3-9-22-19/h2-10,23H,11-14H2,1H3,(H,24,26). The van der Waals surface area contributed by atoms with E-state index in [-0.39, 0.29) is 11.4 Å². The highest BCUT2D eigenvalue weighted by Gasteiger charge is 2.39. The van der Waals surface area contributed by atoms with E-state index < -0.39 is 0 Å². The highest BCUT2D eigenvalue weighted by molar-refractivity contribution is 5.88. The largest absolute Gasteiger partial charge is 0.377 e. The van der Waals surface area contributed by atoms with Gasteiger partial charge < -0.3 is 19.9 Å². The quantitative estimate of drug-likeness (QED) is 0.657. The third-order valence-electron chi connectivity index (χ3n) is 4.69. The Balaban J connectivity index is 1.38. The zero-order valence-corrected chi connectivity index (χ0v) is 15.6. The van der Waals surface area contributed by atoms with Crippen LogP contribution in [0.15, 0.2) is 59.3 Å². The molecule has 0 unspecified atom stereocenters. The Labute approximate surface area is 163 Å². The van der Waals surface area contributed by atoms with Crippen LogP contribution in [0.25, 0.3) is 11.5 Å². The van der Waals surface area contributed by atoms with Crippen LogP contribution in [0.4, 0.5) is 5.69 Å². The SMILES string of the molecule is CC(=O)Nc1ccc(CNC2(Cc3cc(-c4ccccn4)on3)COC2)cc1. The Bertz CT molecular complexity index is 934. The molecular formula is C21H22N4O3. The summed E-state index contributed by atoms with van der Waals surface area (Å²) in [7, 11) is 0. The number of nitrogens with zero attached hydrogens (tertiary/aromatic N) is 2. The van der Waals surface area contributed by atoms with Crippen molar-refractivity contribution in [1.29, 1.82) is 0 Å². The van der Waals surface area contributed by atoms with Gasteiger partial charge in [-0.2, -0.15) is 0 Å². The monoisotopic (exact) mass is 378 g/mol. The van der Waals surface area contributed by atoms with Crippen molar-refractivity contribution in [3.8, 4) is 11.5 Å². The summed E-state index contributed by atoms with van der Waals surface area (Å²) >= 11 is 0. The molecule has 4 rings (SSSR count). The highest BCUT2D eigenvalue weighted by Crippen LogP contribution is 2.25. The maximum Gasteiger partial charge on any atom is 0.221 e. The van der Waals surface area contributed by atoms with Crippen LogP contribution in [0.3, 0.4) is 0 Å². The fourth-order valence-corrected chi connectivity index (χ4v) is 3.18. The molecule has 2 aromatic heterocycles. The van der Waals surface area contributed by atoms with Gasteiger partial charge in [0.1, 0.15) is 5.69 Å². The summed E-state index contributed by atoms with van der Waals surface area (Å²) in [5.41, 5.74) is 3.41. The molecule has 1 saturated heterocycles. The molecular weight excluding hydrogens is 356 g/mol. The van der Waals surface area contributed by atoms with Crippen molar-refractivity contribution in [2.45, 2.75) is 25.4 Å². The minimum absolute atomic E-state index is 0.0749. The van der Waals surface area contributed by atoms with E-state index in [1.54, 1.807) is 6.20 Å². The van der Waals surface area contributed by atoms with Crippen molar-refractivity contribution in [3.63, 3.8) is 0 Å². The van der Waals surface area contributed by atoms with Crippen LogP contribution in [0.1, 0.15) is 18.2 Å². The molecule has 144 valence electrons. The molecule has 7 nitrogen and oxygen atoms in total. The number of carbonyl (C=O) groups excluding carboxylic acids is 1. The predicted octanol–water partition coefficient (Wildman–Crippen LogP) is 2.80. The fourth-order valence-electron chi connectivity index (χ4n) is 3.18. The third-order valence-corrected chi connectivity index (χ3v) is 4.69. The van der Waals surface area contributed by atoms with Crippen molar-refractivity contribution >= 4 is 11.6 Å². The van der Waals surface area contributed by atoms with E-state index in [0.717, 1.165) is 22.6 Å². The van der Waals surface area contributed by atoms with Gasteiger partial charge in [-0.1, -0.05) is 23.4 Å². The molecule has 0 saturated carbocycles. The molecule has 0 atom stereocenters. The van der Waals surface area contributed by atoms with Crippen molar-refractivity contribution < 1.29 is 14.1 Å². The number of pyridine rings is 1. The second kappa shape index (κ2) is 7.92. The number of aromatic nitrogens is 2. The molecule has 1 aliphatic heterocycles. The van der Waals surface area contributed by atoms with Crippen LogP contribution in [0.2, 0.25) is 0 Å². The zero-order chi connectivity index (χ0) is 19.4. The number of anilines is 1. The molecule has 3 aromatic rings. The maximum atomic E-state index is 11.1. The van der Waals surface area contributed by atoms with E-state index in [0.29, 0.717) is 31.9 Å². The molecule has 2 N–H and O–H groups in total. The first-order valence-corrected chi connectivity index (χ1v) is 9.18. The number of amides is 1. The molecule has 1 aromatic carbocycles. The first kappa shape index (κ1) is 18.3. The fraction of sp³-hybridized carbons (Fsp3) is 0.286. The second-order valence-corrected chi connectivity index (χ2v) is 7.08. The Morgan fingerprint density at radius 3 is 2.64 bits per heavy atom. The van der Waals surface area contributed by atoms with E-state index in [4.69, 9.17) is 9.26 Å². The van der Waals surface area contributed by atoms with E-state index in [1.807, 2.05) is 48.5 Å². The van der Waals surface area contributed by atoms with Crippen molar-refractivity contribution in [2.24, 2.45) is 0 Å². The Kier molecular flexibility index (Phi) is 5.18. The van der Waals surface area contributed by atoms with E-state index in [9.17, 15) is 4.79 Å². The lowest BCUT2D eigenvalue weighted by Crippen LogP contribution is -2.61. The predicted molar refractivity (Wildman–Crippen MR) is 105 cm³/mol. The molecule has 7 heteroatoms. The van der Waals surface area contributed by atoms with Gasteiger partial charge in [0.15, 0.2) is 5.76 Å².